The molecule has 0 fully saturated rings. The van der Waals surface area contributed by atoms with E-state index >= 15 is 0 Å². The first-order valence-electron chi connectivity index (χ1n) is 11.3. The molecule has 0 saturated heterocycles. The van der Waals surface area contributed by atoms with E-state index in [2.05, 4.69) is 35.7 Å². The van der Waals surface area contributed by atoms with Crippen molar-refractivity contribution in [2.75, 3.05) is 0 Å². The highest BCUT2D eigenvalue weighted by atomic mass is 16.3. The van der Waals surface area contributed by atoms with Gasteiger partial charge in [-0.1, -0.05) is 65.4 Å². The van der Waals surface area contributed by atoms with Crippen LogP contribution < -0.4 is 0 Å². The van der Waals surface area contributed by atoms with Crippen molar-refractivity contribution in [3.8, 4) is 11.5 Å². The van der Waals surface area contributed by atoms with Crippen LogP contribution in [0.25, 0.3) is 0 Å². The van der Waals surface area contributed by atoms with Crippen molar-refractivity contribution in [3.05, 3.63) is 41.7 Å². The predicted octanol–water partition coefficient (Wildman–Crippen LogP) is 6.17. The summed E-state index contributed by atoms with van der Waals surface area (Å²) < 4.78 is 0. The average molecular weight is 402 g/mol. The molecule has 0 saturated carbocycles. The van der Waals surface area contributed by atoms with Gasteiger partial charge in [0.2, 0.25) is 0 Å². The second kappa shape index (κ2) is 15.7. The Labute approximate surface area is 176 Å². The molecule has 0 aliphatic heterocycles. The van der Waals surface area contributed by atoms with Crippen LogP contribution in [-0.2, 0) is 19.3 Å². The number of aryl methyl sites for hydroxylation is 3. The Hall–Kier alpha value is -2.17. The number of phenolic OH excluding ortho intramolecular Hbond substituents is 2. The molecule has 2 N–H and O–H groups in total. The SMILES string of the molecule is CCCCCc1nc(CCCCC)nc(CCCCC)n1.Oc1cccc(O)c1. The minimum absolute atomic E-state index is 0.0880. The minimum atomic E-state index is 0.0880. The normalized spacial score (nSPS) is 10.4. The van der Waals surface area contributed by atoms with Crippen molar-refractivity contribution in [2.45, 2.75) is 97.8 Å². The van der Waals surface area contributed by atoms with Crippen molar-refractivity contribution in [2.24, 2.45) is 0 Å². The van der Waals surface area contributed by atoms with E-state index in [-0.39, 0.29) is 11.5 Å². The molecule has 1 aromatic heterocycles. The van der Waals surface area contributed by atoms with Gasteiger partial charge in [0, 0.05) is 25.3 Å². The molecule has 0 aliphatic carbocycles. The van der Waals surface area contributed by atoms with Crippen molar-refractivity contribution in [3.63, 3.8) is 0 Å². The number of benzene rings is 1. The van der Waals surface area contributed by atoms with E-state index < -0.39 is 0 Å². The lowest BCUT2D eigenvalue weighted by Crippen LogP contribution is -2.08. The van der Waals surface area contributed by atoms with Crippen LogP contribution in [0, 0.1) is 0 Å². The Morgan fingerprint density at radius 1 is 0.586 bits per heavy atom. The summed E-state index contributed by atoms with van der Waals surface area (Å²) in [6.45, 7) is 6.71. The molecule has 2 aromatic rings. The van der Waals surface area contributed by atoms with Crippen molar-refractivity contribution in [1.82, 2.24) is 15.0 Å². The van der Waals surface area contributed by atoms with Crippen molar-refractivity contribution < 1.29 is 10.2 Å². The molecule has 0 unspecified atom stereocenters. The number of rotatable bonds is 12. The first kappa shape index (κ1) is 24.9. The number of nitrogens with zero attached hydrogens (tertiary/aromatic N) is 3. The maximum Gasteiger partial charge on any atom is 0.132 e. The van der Waals surface area contributed by atoms with Crippen LogP contribution in [0.1, 0.15) is 96.0 Å². The largest absolute Gasteiger partial charge is 0.508 e. The predicted molar refractivity (Wildman–Crippen MR) is 119 cm³/mol. The van der Waals surface area contributed by atoms with Gasteiger partial charge >= 0.3 is 0 Å². The fourth-order valence-electron chi connectivity index (χ4n) is 2.95. The van der Waals surface area contributed by atoms with Gasteiger partial charge in [0.05, 0.1) is 0 Å². The summed E-state index contributed by atoms with van der Waals surface area (Å²) in [7, 11) is 0. The topological polar surface area (TPSA) is 79.1 Å². The van der Waals surface area contributed by atoms with Crippen LogP contribution in [0.2, 0.25) is 0 Å². The van der Waals surface area contributed by atoms with Gasteiger partial charge in [0.1, 0.15) is 29.0 Å². The van der Waals surface area contributed by atoms with E-state index in [0.29, 0.717) is 0 Å². The molecule has 2 rings (SSSR count). The average Bonchev–Trinajstić information content (AvgIpc) is 2.69. The van der Waals surface area contributed by atoms with Gasteiger partial charge in [-0.25, -0.2) is 15.0 Å². The Bertz CT molecular complexity index is 590. The number of hydrogen-bond donors (Lipinski definition) is 2. The summed E-state index contributed by atoms with van der Waals surface area (Å²) >= 11 is 0. The summed E-state index contributed by atoms with van der Waals surface area (Å²) in [5.41, 5.74) is 0. The molecule has 0 radical (unpaired) electrons. The highest BCUT2D eigenvalue weighted by Gasteiger charge is 2.06. The van der Waals surface area contributed by atoms with E-state index in [1.807, 2.05) is 0 Å². The Balaban J connectivity index is 0.000000436. The van der Waals surface area contributed by atoms with Crippen LogP contribution in [0.15, 0.2) is 24.3 Å². The smallest absolute Gasteiger partial charge is 0.132 e. The molecule has 0 spiro atoms. The Morgan fingerprint density at radius 3 is 1.17 bits per heavy atom. The van der Waals surface area contributed by atoms with Crippen LogP contribution >= 0.6 is 0 Å². The third kappa shape index (κ3) is 12.1. The van der Waals surface area contributed by atoms with Crippen molar-refractivity contribution in [1.29, 1.82) is 0 Å². The zero-order valence-corrected chi connectivity index (χ0v) is 18.5. The molecular weight excluding hydrogens is 362 g/mol. The van der Waals surface area contributed by atoms with E-state index in [1.54, 1.807) is 6.07 Å². The molecule has 0 atom stereocenters. The monoisotopic (exact) mass is 401 g/mol. The molecule has 5 nitrogen and oxygen atoms in total. The molecule has 1 aromatic carbocycles. The molecule has 1 heterocycles. The highest BCUT2D eigenvalue weighted by molar-refractivity contribution is 5.30. The highest BCUT2D eigenvalue weighted by Crippen LogP contribution is 2.15. The summed E-state index contributed by atoms with van der Waals surface area (Å²) in [6, 6.07) is 5.85. The van der Waals surface area contributed by atoms with E-state index in [0.717, 1.165) is 36.7 Å². The van der Waals surface area contributed by atoms with Crippen molar-refractivity contribution >= 4 is 0 Å². The molecule has 0 aliphatic rings. The van der Waals surface area contributed by atoms with Crippen LogP contribution in [0.5, 0.6) is 11.5 Å². The number of aromatic nitrogens is 3. The lowest BCUT2D eigenvalue weighted by atomic mass is 10.1. The number of hydrogen-bond acceptors (Lipinski definition) is 5. The summed E-state index contributed by atoms with van der Waals surface area (Å²) in [5, 5.41) is 17.3. The molecular formula is C24H39N3O2. The van der Waals surface area contributed by atoms with E-state index in [1.165, 1.54) is 76.0 Å². The van der Waals surface area contributed by atoms with Gasteiger partial charge in [-0.3, -0.25) is 0 Å². The van der Waals surface area contributed by atoms with E-state index in [9.17, 15) is 0 Å². The van der Waals surface area contributed by atoms with Gasteiger partial charge in [-0.05, 0) is 31.4 Å². The number of unbranched alkanes of at least 4 members (excludes halogenated alkanes) is 6. The van der Waals surface area contributed by atoms with Crippen LogP contribution in [-0.4, -0.2) is 25.2 Å². The molecule has 5 heteroatoms. The maximum absolute atomic E-state index is 8.65. The molecule has 29 heavy (non-hydrogen) atoms. The maximum atomic E-state index is 8.65. The summed E-state index contributed by atoms with van der Waals surface area (Å²) in [6.07, 6.45) is 14.2. The van der Waals surface area contributed by atoms with Crippen LogP contribution in [0.3, 0.4) is 0 Å². The third-order valence-electron chi connectivity index (χ3n) is 4.62. The van der Waals surface area contributed by atoms with Gasteiger partial charge in [-0.15, -0.1) is 0 Å². The minimum Gasteiger partial charge on any atom is -0.508 e. The summed E-state index contributed by atoms with van der Waals surface area (Å²) in [4.78, 5) is 14.0. The van der Waals surface area contributed by atoms with Crippen LogP contribution in [0.4, 0.5) is 0 Å². The standard InChI is InChI=1S/C18H33N3.C6H6O2/c1-4-7-10-13-16-19-17(14-11-8-5-2)21-18(20-16)15-12-9-6-3;7-5-2-1-3-6(8)4-5/h4-15H2,1-3H3;1-4,7-8H. The number of aromatic hydroxyl groups is 2. The Kier molecular flexibility index (Phi) is 13.5. The fourth-order valence-corrected chi connectivity index (χ4v) is 2.95. The van der Waals surface area contributed by atoms with Gasteiger partial charge in [0.25, 0.3) is 0 Å². The van der Waals surface area contributed by atoms with E-state index in [4.69, 9.17) is 10.2 Å². The first-order valence-corrected chi connectivity index (χ1v) is 11.3. The lowest BCUT2D eigenvalue weighted by molar-refractivity contribution is 0.450. The molecule has 0 bridgehead atoms. The molecule has 162 valence electrons. The first-order chi connectivity index (χ1) is 14.1. The fraction of sp³-hybridized carbons (Fsp3) is 0.625. The van der Waals surface area contributed by atoms with Gasteiger partial charge < -0.3 is 10.2 Å². The van der Waals surface area contributed by atoms with Gasteiger partial charge in [0.15, 0.2) is 0 Å². The lowest BCUT2D eigenvalue weighted by Gasteiger charge is -2.07. The van der Waals surface area contributed by atoms with Gasteiger partial charge in [-0.2, -0.15) is 0 Å². The summed E-state index contributed by atoms with van der Waals surface area (Å²) in [5.74, 6) is 3.25. The number of phenols is 2. The molecule has 0 amide bonds. The second-order valence-corrected chi connectivity index (χ2v) is 7.48. The zero-order chi connectivity index (χ0) is 21.3. The quantitative estimate of drug-likeness (QED) is 0.416. The third-order valence-corrected chi connectivity index (χ3v) is 4.62. The zero-order valence-electron chi connectivity index (χ0n) is 18.5. The second-order valence-electron chi connectivity index (χ2n) is 7.48. The Morgan fingerprint density at radius 2 is 0.931 bits per heavy atom.